The van der Waals surface area contributed by atoms with Crippen molar-refractivity contribution in [1.82, 2.24) is 5.32 Å². The lowest BCUT2D eigenvalue weighted by Gasteiger charge is -2.43. The van der Waals surface area contributed by atoms with E-state index in [4.69, 9.17) is 18.9 Å². The largest absolute Gasteiger partial charge is 0.346 e. The van der Waals surface area contributed by atoms with Gasteiger partial charge < -0.3 is 24.3 Å². The summed E-state index contributed by atoms with van der Waals surface area (Å²) in [6.07, 6.45) is -3.03. The molecule has 4 rings (SSSR count). The second-order valence-corrected chi connectivity index (χ2v) is 7.05. The van der Waals surface area contributed by atoms with E-state index in [9.17, 15) is 9.59 Å². The standard InChI is InChI=1S/C22H23NO6/c1-14(24)23-18-19(25)20-17(13-27-21(29-20)16-10-6-3-7-11-16)28-22(18)26-12-15-8-4-2-5-9-15/h2-11,17-18,20-22H,12-13H2,1H3,(H,23,24)/t17-,18-,20-,21+,22+/m1/s1. The zero-order valence-corrected chi connectivity index (χ0v) is 16.0. The molecule has 0 saturated carbocycles. The number of carbonyl (C=O) groups excluding carboxylic acids is 2. The molecule has 2 aliphatic rings. The van der Waals surface area contributed by atoms with Gasteiger partial charge in [0.15, 0.2) is 18.4 Å². The van der Waals surface area contributed by atoms with Gasteiger partial charge >= 0.3 is 0 Å². The summed E-state index contributed by atoms with van der Waals surface area (Å²) in [5.41, 5.74) is 1.75. The van der Waals surface area contributed by atoms with Crippen molar-refractivity contribution in [2.24, 2.45) is 0 Å². The normalized spacial score (nSPS) is 29.1. The van der Waals surface area contributed by atoms with Gasteiger partial charge in [0.05, 0.1) is 13.2 Å². The van der Waals surface area contributed by atoms with E-state index in [1.54, 1.807) is 0 Å². The molecule has 1 N–H and O–H groups in total. The third kappa shape index (κ3) is 4.54. The fourth-order valence-corrected chi connectivity index (χ4v) is 3.48. The molecule has 2 fully saturated rings. The van der Waals surface area contributed by atoms with Gasteiger partial charge in [0, 0.05) is 12.5 Å². The number of Topliss-reactive ketones (excluding diaryl/α,β-unsaturated/α-hetero) is 1. The molecule has 29 heavy (non-hydrogen) atoms. The minimum Gasteiger partial charge on any atom is -0.346 e. The monoisotopic (exact) mass is 397 g/mol. The predicted octanol–water partition coefficient (Wildman–Crippen LogP) is 2.12. The number of benzene rings is 2. The van der Waals surface area contributed by atoms with E-state index in [1.165, 1.54) is 6.92 Å². The molecule has 2 heterocycles. The zero-order valence-electron chi connectivity index (χ0n) is 16.0. The molecule has 7 heteroatoms. The Balaban J connectivity index is 1.48. The summed E-state index contributed by atoms with van der Waals surface area (Å²) in [5, 5.41) is 2.65. The van der Waals surface area contributed by atoms with Crippen LogP contribution in [0.1, 0.15) is 24.3 Å². The SMILES string of the molecule is CC(=O)N[C@@H]1C(=O)[C@@H]2O[C@@H](c3ccccc3)OC[C@H]2O[C@@H]1OCc1ccccc1. The fraction of sp³-hybridized carbons (Fsp3) is 0.364. The molecule has 2 aromatic carbocycles. The van der Waals surface area contributed by atoms with Gasteiger partial charge in [-0.15, -0.1) is 0 Å². The molecule has 0 bridgehead atoms. The van der Waals surface area contributed by atoms with Crippen LogP contribution in [-0.2, 0) is 35.1 Å². The van der Waals surface area contributed by atoms with Crippen LogP contribution < -0.4 is 5.32 Å². The first kappa shape index (κ1) is 19.7. The number of nitrogens with one attached hydrogen (secondary N) is 1. The lowest BCUT2D eigenvalue weighted by atomic mass is 9.97. The van der Waals surface area contributed by atoms with Crippen molar-refractivity contribution in [2.75, 3.05) is 6.61 Å². The highest BCUT2D eigenvalue weighted by Gasteiger charge is 2.50. The van der Waals surface area contributed by atoms with E-state index in [-0.39, 0.29) is 24.9 Å². The molecule has 2 saturated heterocycles. The number of carbonyl (C=O) groups is 2. The Morgan fingerprint density at radius 3 is 2.45 bits per heavy atom. The molecule has 0 radical (unpaired) electrons. The highest BCUT2D eigenvalue weighted by Crippen LogP contribution is 2.32. The van der Waals surface area contributed by atoms with Crippen molar-refractivity contribution in [1.29, 1.82) is 0 Å². The van der Waals surface area contributed by atoms with E-state index in [1.807, 2.05) is 60.7 Å². The molecule has 0 aromatic heterocycles. The molecule has 0 aliphatic carbocycles. The van der Waals surface area contributed by atoms with Crippen molar-refractivity contribution < 1.29 is 28.5 Å². The molecular formula is C22H23NO6. The number of hydrogen-bond acceptors (Lipinski definition) is 6. The van der Waals surface area contributed by atoms with Gasteiger partial charge in [-0.05, 0) is 5.56 Å². The predicted molar refractivity (Wildman–Crippen MR) is 103 cm³/mol. The fourth-order valence-electron chi connectivity index (χ4n) is 3.48. The minimum absolute atomic E-state index is 0.188. The third-order valence-corrected chi connectivity index (χ3v) is 4.88. The number of ether oxygens (including phenoxy) is 4. The van der Waals surface area contributed by atoms with Crippen molar-refractivity contribution in [3.63, 3.8) is 0 Å². The van der Waals surface area contributed by atoms with Crippen LogP contribution in [-0.4, -0.2) is 42.8 Å². The average molecular weight is 397 g/mol. The quantitative estimate of drug-likeness (QED) is 0.832. The maximum absolute atomic E-state index is 13.1. The Bertz CT molecular complexity index is 843. The molecule has 0 spiro atoms. The van der Waals surface area contributed by atoms with Crippen LogP contribution in [0.4, 0.5) is 0 Å². The van der Waals surface area contributed by atoms with Gasteiger partial charge in [-0.2, -0.15) is 0 Å². The van der Waals surface area contributed by atoms with Crippen LogP contribution in [0.15, 0.2) is 60.7 Å². The van der Waals surface area contributed by atoms with Gasteiger partial charge in [0.2, 0.25) is 5.91 Å². The van der Waals surface area contributed by atoms with Gasteiger partial charge in [-0.25, -0.2) is 0 Å². The highest BCUT2D eigenvalue weighted by atomic mass is 16.7. The van der Waals surface area contributed by atoms with Gasteiger partial charge in [0.25, 0.3) is 0 Å². The van der Waals surface area contributed by atoms with Gasteiger partial charge in [-0.1, -0.05) is 60.7 Å². The molecule has 5 atom stereocenters. The lowest BCUT2D eigenvalue weighted by Crippen LogP contribution is -2.64. The van der Waals surface area contributed by atoms with Crippen LogP contribution in [0.3, 0.4) is 0 Å². The van der Waals surface area contributed by atoms with Crippen molar-refractivity contribution in [3.05, 3.63) is 71.8 Å². The van der Waals surface area contributed by atoms with Crippen LogP contribution in [0, 0.1) is 0 Å². The zero-order chi connectivity index (χ0) is 20.2. The van der Waals surface area contributed by atoms with Crippen LogP contribution >= 0.6 is 0 Å². The van der Waals surface area contributed by atoms with E-state index in [0.29, 0.717) is 0 Å². The topological polar surface area (TPSA) is 83.1 Å². The third-order valence-electron chi connectivity index (χ3n) is 4.88. The van der Waals surface area contributed by atoms with Crippen LogP contribution in [0.2, 0.25) is 0 Å². The smallest absolute Gasteiger partial charge is 0.217 e. The maximum atomic E-state index is 13.1. The molecule has 7 nitrogen and oxygen atoms in total. The van der Waals surface area contributed by atoms with E-state index >= 15 is 0 Å². The molecule has 2 aromatic rings. The van der Waals surface area contributed by atoms with E-state index < -0.39 is 30.8 Å². The van der Waals surface area contributed by atoms with Crippen LogP contribution in [0.25, 0.3) is 0 Å². The first-order valence-corrected chi connectivity index (χ1v) is 9.55. The summed E-state index contributed by atoms with van der Waals surface area (Å²) in [6, 6.07) is 18.0. The summed E-state index contributed by atoms with van der Waals surface area (Å²) in [5.74, 6) is -0.621. The molecule has 0 unspecified atom stereocenters. The Labute approximate surface area is 168 Å². The van der Waals surface area contributed by atoms with Gasteiger partial charge in [0.1, 0.15) is 18.2 Å². The van der Waals surface area contributed by atoms with Gasteiger partial charge in [-0.3, -0.25) is 9.59 Å². The summed E-state index contributed by atoms with van der Waals surface area (Å²) in [7, 11) is 0. The van der Waals surface area contributed by atoms with E-state index in [2.05, 4.69) is 5.32 Å². The summed E-state index contributed by atoms with van der Waals surface area (Å²) in [4.78, 5) is 24.8. The summed E-state index contributed by atoms with van der Waals surface area (Å²) < 4.78 is 23.5. The minimum atomic E-state index is -0.952. The highest BCUT2D eigenvalue weighted by molar-refractivity contribution is 5.93. The second kappa shape index (κ2) is 8.84. The summed E-state index contributed by atoms with van der Waals surface area (Å²) in [6.45, 7) is 1.79. The van der Waals surface area contributed by atoms with Crippen molar-refractivity contribution in [2.45, 2.75) is 44.4 Å². The Morgan fingerprint density at radius 1 is 1.07 bits per heavy atom. The number of hydrogen-bond donors (Lipinski definition) is 1. The second-order valence-electron chi connectivity index (χ2n) is 7.05. The molecular weight excluding hydrogens is 374 g/mol. The molecule has 152 valence electrons. The number of ketones is 1. The maximum Gasteiger partial charge on any atom is 0.217 e. The molecule has 1 amide bonds. The van der Waals surface area contributed by atoms with Crippen molar-refractivity contribution in [3.8, 4) is 0 Å². The lowest BCUT2D eigenvalue weighted by molar-refractivity contribution is -0.307. The number of fused-ring (bicyclic) bond motifs is 1. The number of rotatable bonds is 5. The molecule has 2 aliphatic heterocycles. The Kier molecular flexibility index (Phi) is 6.01. The Hall–Kier alpha value is -2.58. The average Bonchev–Trinajstić information content (AvgIpc) is 2.75. The van der Waals surface area contributed by atoms with Crippen molar-refractivity contribution >= 4 is 11.7 Å². The number of amides is 1. The first-order valence-electron chi connectivity index (χ1n) is 9.55. The summed E-state index contributed by atoms with van der Waals surface area (Å²) >= 11 is 0. The first-order chi connectivity index (χ1) is 14.1. The Morgan fingerprint density at radius 2 is 1.76 bits per heavy atom. The van der Waals surface area contributed by atoms with E-state index in [0.717, 1.165) is 11.1 Å². The van der Waals surface area contributed by atoms with Crippen LogP contribution in [0.5, 0.6) is 0 Å².